The molecule has 1 aliphatic rings. The molecular formula is C22H18BN5O4. The lowest BCUT2D eigenvalue weighted by atomic mass is 10.0. The van der Waals surface area contributed by atoms with Crippen LogP contribution in [0, 0.1) is 0 Å². The molecule has 0 unspecified atom stereocenters. The fourth-order valence-electron chi connectivity index (χ4n) is 3.44. The summed E-state index contributed by atoms with van der Waals surface area (Å²) >= 11 is 0. The number of amides is 1. The summed E-state index contributed by atoms with van der Waals surface area (Å²) in [5.74, 6) is 1.71. The van der Waals surface area contributed by atoms with E-state index in [0.29, 0.717) is 58.3 Å². The zero-order chi connectivity index (χ0) is 22.1. The predicted molar refractivity (Wildman–Crippen MR) is 119 cm³/mol. The summed E-state index contributed by atoms with van der Waals surface area (Å²) in [5.41, 5.74) is 2.51. The van der Waals surface area contributed by atoms with Gasteiger partial charge in [0.05, 0.1) is 5.69 Å². The number of aromatic nitrogens is 3. The zero-order valence-electron chi connectivity index (χ0n) is 16.9. The Labute approximate surface area is 184 Å². The Morgan fingerprint density at radius 2 is 1.97 bits per heavy atom. The molecule has 2 aromatic carbocycles. The number of para-hydroxylation sites is 1. The standard InChI is InChI=1S/C22H18BN5O4/c23-15-11-26-28-20(10-16(27-21(15)28)14-3-1-2-4-17(14)29)24-7-8-25-22(30)13-5-6-18-19(9-13)32-12-31-18/h1-6,9-11,24,29H,7-8,12H2,(H,25,30). The largest absolute Gasteiger partial charge is 0.507 e. The molecule has 10 heteroatoms. The second kappa shape index (κ2) is 8.14. The highest BCUT2D eigenvalue weighted by atomic mass is 16.7. The molecule has 0 saturated heterocycles. The lowest BCUT2D eigenvalue weighted by Crippen LogP contribution is -2.29. The van der Waals surface area contributed by atoms with E-state index in [1.807, 2.05) is 6.07 Å². The maximum Gasteiger partial charge on any atom is 0.251 e. The van der Waals surface area contributed by atoms with Gasteiger partial charge in [0.25, 0.3) is 5.91 Å². The number of carbonyl (C=O) groups is 1. The van der Waals surface area contributed by atoms with Crippen LogP contribution in [-0.2, 0) is 0 Å². The van der Waals surface area contributed by atoms with Gasteiger partial charge in [0, 0.05) is 36.5 Å². The van der Waals surface area contributed by atoms with Crippen molar-refractivity contribution in [3.05, 3.63) is 60.3 Å². The lowest BCUT2D eigenvalue weighted by Gasteiger charge is -2.12. The summed E-state index contributed by atoms with van der Waals surface area (Å²) in [5, 5.41) is 20.6. The molecule has 3 N–H and O–H groups in total. The van der Waals surface area contributed by atoms with Crippen molar-refractivity contribution in [2.45, 2.75) is 0 Å². The number of nitrogens with zero attached hydrogens (tertiary/aromatic N) is 3. The molecule has 0 spiro atoms. The Morgan fingerprint density at radius 3 is 2.84 bits per heavy atom. The van der Waals surface area contributed by atoms with E-state index in [1.54, 1.807) is 47.0 Å². The van der Waals surface area contributed by atoms with Crippen LogP contribution in [0.5, 0.6) is 17.2 Å². The summed E-state index contributed by atoms with van der Waals surface area (Å²) < 4.78 is 12.2. The number of anilines is 1. The van der Waals surface area contributed by atoms with Crippen molar-refractivity contribution >= 4 is 30.7 Å². The van der Waals surface area contributed by atoms with Crippen molar-refractivity contribution in [2.24, 2.45) is 0 Å². The number of fused-ring (bicyclic) bond motifs is 2. The molecule has 9 nitrogen and oxygen atoms in total. The fourth-order valence-corrected chi connectivity index (χ4v) is 3.44. The van der Waals surface area contributed by atoms with Crippen LogP contribution >= 0.6 is 0 Å². The maximum atomic E-state index is 12.4. The number of hydrogen-bond donors (Lipinski definition) is 3. The highest BCUT2D eigenvalue weighted by Crippen LogP contribution is 2.32. The van der Waals surface area contributed by atoms with E-state index in [0.717, 1.165) is 0 Å². The summed E-state index contributed by atoms with van der Waals surface area (Å²) in [4.78, 5) is 17.0. The first kappa shape index (κ1) is 19.7. The summed E-state index contributed by atoms with van der Waals surface area (Å²) in [6.07, 6.45) is 1.52. The van der Waals surface area contributed by atoms with Crippen LogP contribution in [0.3, 0.4) is 0 Å². The van der Waals surface area contributed by atoms with E-state index >= 15 is 0 Å². The van der Waals surface area contributed by atoms with Crippen molar-refractivity contribution in [3.63, 3.8) is 0 Å². The van der Waals surface area contributed by atoms with E-state index in [2.05, 4.69) is 20.7 Å². The second-order valence-corrected chi connectivity index (χ2v) is 7.13. The van der Waals surface area contributed by atoms with Crippen molar-refractivity contribution in [1.82, 2.24) is 19.9 Å². The van der Waals surface area contributed by atoms with Crippen LogP contribution in [0.4, 0.5) is 5.82 Å². The van der Waals surface area contributed by atoms with Crippen LogP contribution in [0.15, 0.2) is 54.7 Å². The minimum absolute atomic E-state index is 0.115. The molecule has 3 heterocycles. The average Bonchev–Trinajstić information content (AvgIpc) is 3.43. The van der Waals surface area contributed by atoms with Crippen LogP contribution in [0.2, 0.25) is 0 Å². The molecule has 32 heavy (non-hydrogen) atoms. The minimum atomic E-state index is -0.219. The number of carbonyl (C=O) groups excluding carboxylic acids is 1. The van der Waals surface area contributed by atoms with Gasteiger partial charge in [0.1, 0.15) is 19.4 Å². The molecule has 0 fully saturated rings. The Hall–Kier alpha value is -4.21. The SMILES string of the molecule is [B]c1cnn2c(NCCNC(=O)c3ccc4c(c3)OCO4)cc(-c3ccccc3O)nc12. The molecule has 0 saturated carbocycles. The van der Waals surface area contributed by atoms with Gasteiger partial charge >= 0.3 is 0 Å². The first-order valence-corrected chi connectivity index (χ1v) is 9.94. The number of phenolic OH excluding ortho intramolecular Hbond substituents is 1. The number of phenols is 1. The fraction of sp³-hybridized carbons (Fsp3) is 0.136. The molecular weight excluding hydrogens is 409 g/mol. The van der Waals surface area contributed by atoms with Gasteiger partial charge in [0.15, 0.2) is 17.1 Å². The first-order chi connectivity index (χ1) is 15.6. The molecule has 5 rings (SSSR count). The maximum absolute atomic E-state index is 12.4. The summed E-state index contributed by atoms with van der Waals surface area (Å²) in [6, 6.07) is 13.8. The molecule has 0 bridgehead atoms. The van der Waals surface area contributed by atoms with E-state index < -0.39 is 0 Å². The van der Waals surface area contributed by atoms with Crippen LogP contribution in [0.1, 0.15) is 10.4 Å². The third-order valence-corrected chi connectivity index (χ3v) is 5.03. The van der Waals surface area contributed by atoms with Gasteiger partial charge in [-0.25, -0.2) is 4.98 Å². The number of nitrogens with one attached hydrogen (secondary N) is 2. The molecule has 2 aromatic heterocycles. The molecule has 158 valence electrons. The van der Waals surface area contributed by atoms with E-state index in [4.69, 9.17) is 17.3 Å². The van der Waals surface area contributed by atoms with Crippen molar-refractivity contribution < 1.29 is 19.4 Å². The Morgan fingerprint density at radius 1 is 1.12 bits per heavy atom. The second-order valence-electron chi connectivity index (χ2n) is 7.13. The van der Waals surface area contributed by atoms with Gasteiger partial charge in [0.2, 0.25) is 6.79 Å². The van der Waals surface area contributed by atoms with Gasteiger partial charge in [-0.1, -0.05) is 12.1 Å². The molecule has 4 aromatic rings. The first-order valence-electron chi connectivity index (χ1n) is 9.94. The van der Waals surface area contributed by atoms with Gasteiger partial charge in [-0.2, -0.15) is 9.61 Å². The topological polar surface area (TPSA) is 110 Å². The molecule has 2 radical (unpaired) electrons. The average molecular weight is 427 g/mol. The lowest BCUT2D eigenvalue weighted by molar-refractivity contribution is 0.0954. The molecule has 0 aliphatic carbocycles. The highest BCUT2D eigenvalue weighted by Gasteiger charge is 2.16. The minimum Gasteiger partial charge on any atom is -0.507 e. The smallest absolute Gasteiger partial charge is 0.251 e. The number of rotatable bonds is 6. The monoisotopic (exact) mass is 427 g/mol. The third kappa shape index (κ3) is 3.66. The predicted octanol–water partition coefficient (Wildman–Crippen LogP) is 1.47. The summed E-state index contributed by atoms with van der Waals surface area (Å²) in [7, 11) is 6.02. The van der Waals surface area contributed by atoms with Gasteiger partial charge < -0.3 is 25.2 Å². The number of ether oxygens (including phenoxy) is 2. The van der Waals surface area contributed by atoms with E-state index in [1.165, 1.54) is 6.20 Å². The Balaban J connectivity index is 1.30. The number of aromatic hydroxyl groups is 1. The normalized spacial score (nSPS) is 12.1. The van der Waals surface area contributed by atoms with Crippen LogP contribution < -0.4 is 25.6 Å². The third-order valence-electron chi connectivity index (χ3n) is 5.03. The number of hydrogen-bond acceptors (Lipinski definition) is 7. The summed E-state index contributed by atoms with van der Waals surface area (Å²) in [6.45, 7) is 0.945. The van der Waals surface area contributed by atoms with Gasteiger partial charge in [-0.05, 0) is 35.8 Å². The van der Waals surface area contributed by atoms with E-state index in [-0.39, 0.29) is 18.4 Å². The Kier molecular flexibility index (Phi) is 5.02. The van der Waals surface area contributed by atoms with E-state index in [9.17, 15) is 9.90 Å². The van der Waals surface area contributed by atoms with Gasteiger partial charge in [-0.15, -0.1) is 0 Å². The van der Waals surface area contributed by atoms with Crippen molar-refractivity contribution in [3.8, 4) is 28.5 Å². The quantitative estimate of drug-likeness (QED) is 0.316. The van der Waals surface area contributed by atoms with Crippen LogP contribution in [0.25, 0.3) is 16.9 Å². The van der Waals surface area contributed by atoms with Crippen molar-refractivity contribution in [2.75, 3.05) is 25.2 Å². The van der Waals surface area contributed by atoms with Crippen LogP contribution in [-0.4, -0.2) is 53.3 Å². The highest BCUT2D eigenvalue weighted by molar-refractivity contribution is 6.36. The van der Waals surface area contributed by atoms with Crippen molar-refractivity contribution in [1.29, 1.82) is 0 Å². The van der Waals surface area contributed by atoms with Gasteiger partial charge in [-0.3, -0.25) is 4.79 Å². The molecule has 1 amide bonds. The number of benzene rings is 2. The Bertz CT molecular complexity index is 1320. The zero-order valence-corrected chi connectivity index (χ0v) is 16.9. The molecule has 0 atom stereocenters. The molecule has 1 aliphatic heterocycles.